The number of hydrogen-bond donors (Lipinski definition) is 2. The Kier molecular flexibility index (Phi) is 6.48. The van der Waals surface area contributed by atoms with E-state index in [1.165, 1.54) is 32.3 Å². The zero-order chi connectivity index (χ0) is 16.5. The van der Waals surface area contributed by atoms with Gasteiger partial charge in [0.1, 0.15) is 11.4 Å². The predicted octanol–water partition coefficient (Wildman–Crippen LogP) is -1.11. The molecule has 0 unspecified atom stereocenters. The molecule has 9 nitrogen and oxygen atoms in total. The lowest BCUT2D eigenvalue weighted by Gasteiger charge is -2.06. The van der Waals surface area contributed by atoms with E-state index >= 15 is 0 Å². The van der Waals surface area contributed by atoms with Crippen molar-refractivity contribution >= 4 is 23.8 Å². The molecule has 9 heteroatoms. The second kappa shape index (κ2) is 8.35. The lowest BCUT2D eigenvalue weighted by Crippen LogP contribution is -2.26. The van der Waals surface area contributed by atoms with E-state index in [4.69, 9.17) is 9.47 Å². The fourth-order valence-corrected chi connectivity index (χ4v) is 1.22. The van der Waals surface area contributed by atoms with Crippen molar-refractivity contribution in [2.45, 2.75) is 0 Å². The van der Waals surface area contributed by atoms with Crippen molar-refractivity contribution in [2.75, 3.05) is 27.3 Å². The van der Waals surface area contributed by atoms with E-state index < -0.39 is 37.0 Å². The maximum atomic E-state index is 11.7. The Morgan fingerprint density at radius 3 is 1.68 bits per heavy atom. The van der Waals surface area contributed by atoms with Crippen LogP contribution in [0.5, 0.6) is 0 Å². The average Bonchev–Trinajstić information content (AvgIpc) is 2.56. The van der Waals surface area contributed by atoms with Crippen LogP contribution in [0.4, 0.5) is 0 Å². The van der Waals surface area contributed by atoms with Crippen LogP contribution in [0.3, 0.4) is 0 Å². The molecule has 2 amide bonds. The molecule has 0 atom stereocenters. The van der Waals surface area contributed by atoms with Gasteiger partial charge in [0.25, 0.3) is 11.8 Å². The first-order chi connectivity index (χ1) is 10.5. The van der Waals surface area contributed by atoms with Crippen LogP contribution in [0.2, 0.25) is 0 Å². The molecule has 0 bridgehead atoms. The van der Waals surface area contributed by atoms with Crippen molar-refractivity contribution in [2.24, 2.45) is 0 Å². The Morgan fingerprint density at radius 1 is 0.909 bits per heavy atom. The molecule has 0 aliphatic carbocycles. The highest BCUT2D eigenvalue weighted by molar-refractivity contribution is 5.93. The van der Waals surface area contributed by atoms with Gasteiger partial charge in [-0.15, -0.1) is 0 Å². The molecular formula is C13H15N3O6. The Morgan fingerprint density at radius 2 is 1.32 bits per heavy atom. The summed E-state index contributed by atoms with van der Waals surface area (Å²) in [4.78, 5) is 49.1. The molecule has 2 N–H and O–H groups in total. The number of hydrogen-bond acceptors (Lipinski definition) is 7. The molecule has 1 rings (SSSR count). The zero-order valence-electron chi connectivity index (χ0n) is 12.0. The molecule has 0 radical (unpaired) electrons. The van der Waals surface area contributed by atoms with Gasteiger partial charge < -0.3 is 20.1 Å². The number of pyridine rings is 1. The van der Waals surface area contributed by atoms with Crippen LogP contribution in [0.1, 0.15) is 21.0 Å². The Balaban J connectivity index is 2.68. The number of nitrogens with one attached hydrogen (secondary N) is 2. The molecule has 22 heavy (non-hydrogen) atoms. The third-order valence-corrected chi connectivity index (χ3v) is 2.39. The lowest BCUT2D eigenvalue weighted by molar-refractivity contribution is -0.124. The molecule has 0 spiro atoms. The van der Waals surface area contributed by atoms with Gasteiger partial charge in [-0.1, -0.05) is 6.07 Å². The summed E-state index contributed by atoms with van der Waals surface area (Å²) in [5.74, 6) is -2.67. The summed E-state index contributed by atoms with van der Waals surface area (Å²) in [7, 11) is 2.80. The topological polar surface area (TPSA) is 124 Å². The second-order valence-corrected chi connectivity index (χ2v) is 3.91. The first-order valence-electron chi connectivity index (χ1n) is 6.20. The maximum Gasteiger partial charge on any atom is 0.357 e. The smallest absolute Gasteiger partial charge is 0.357 e. The number of esters is 2. The largest absolute Gasteiger partial charge is 0.451 e. The predicted molar refractivity (Wildman–Crippen MR) is 72.9 cm³/mol. The van der Waals surface area contributed by atoms with E-state index in [1.54, 1.807) is 0 Å². The lowest BCUT2D eigenvalue weighted by atomic mass is 10.3. The quantitative estimate of drug-likeness (QED) is 0.638. The highest BCUT2D eigenvalue weighted by Gasteiger charge is 2.16. The van der Waals surface area contributed by atoms with Gasteiger partial charge >= 0.3 is 11.9 Å². The number of amides is 2. The number of likely N-dealkylation sites (N-methyl/N-ethyl adjacent to an activating group) is 2. The summed E-state index contributed by atoms with van der Waals surface area (Å²) in [6, 6.07) is 4.05. The zero-order valence-corrected chi connectivity index (χ0v) is 12.0. The number of aromatic nitrogens is 1. The van der Waals surface area contributed by atoms with E-state index in [2.05, 4.69) is 15.6 Å². The summed E-state index contributed by atoms with van der Waals surface area (Å²) < 4.78 is 9.40. The highest BCUT2D eigenvalue weighted by atomic mass is 16.5. The number of nitrogens with zero attached hydrogens (tertiary/aromatic N) is 1. The van der Waals surface area contributed by atoms with Crippen molar-refractivity contribution in [3.63, 3.8) is 0 Å². The van der Waals surface area contributed by atoms with E-state index in [-0.39, 0.29) is 11.4 Å². The van der Waals surface area contributed by atoms with Gasteiger partial charge in [0.15, 0.2) is 13.2 Å². The summed E-state index contributed by atoms with van der Waals surface area (Å²) in [5, 5.41) is 4.57. The molecule has 118 valence electrons. The van der Waals surface area contributed by atoms with E-state index in [1.807, 2.05) is 0 Å². The van der Waals surface area contributed by atoms with E-state index in [0.717, 1.165) is 0 Å². The fraction of sp³-hybridized carbons (Fsp3) is 0.308. The minimum atomic E-state index is -0.857. The molecular weight excluding hydrogens is 294 g/mol. The molecule has 0 aromatic carbocycles. The first kappa shape index (κ1) is 17.1. The van der Waals surface area contributed by atoms with Gasteiger partial charge in [-0.2, -0.15) is 0 Å². The highest BCUT2D eigenvalue weighted by Crippen LogP contribution is 2.03. The summed E-state index contributed by atoms with van der Waals surface area (Å²) in [6.45, 7) is -0.912. The van der Waals surface area contributed by atoms with Crippen LogP contribution in [0.15, 0.2) is 18.2 Å². The van der Waals surface area contributed by atoms with Crippen LogP contribution >= 0.6 is 0 Å². The monoisotopic (exact) mass is 309 g/mol. The van der Waals surface area contributed by atoms with Gasteiger partial charge in [0, 0.05) is 14.1 Å². The third kappa shape index (κ3) is 5.19. The van der Waals surface area contributed by atoms with Crippen molar-refractivity contribution in [3.05, 3.63) is 29.6 Å². The van der Waals surface area contributed by atoms with Gasteiger partial charge in [0.2, 0.25) is 0 Å². The van der Waals surface area contributed by atoms with Gasteiger partial charge in [-0.25, -0.2) is 14.6 Å². The van der Waals surface area contributed by atoms with Crippen molar-refractivity contribution in [3.8, 4) is 0 Å². The molecule has 0 aliphatic rings. The van der Waals surface area contributed by atoms with Crippen LogP contribution in [-0.4, -0.2) is 56.0 Å². The minimum absolute atomic E-state index is 0.154. The maximum absolute atomic E-state index is 11.7. The molecule has 0 saturated heterocycles. The molecule has 0 aliphatic heterocycles. The van der Waals surface area contributed by atoms with Crippen LogP contribution in [0, 0.1) is 0 Å². The van der Waals surface area contributed by atoms with Gasteiger partial charge in [0.05, 0.1) is 0 Å². The summed E-state index contributed by atoms with van der Waals surface area (Å²) >= 11 is 0. The van der Waals surface area contributed by atoms with Crippen LogP contribution < -0.4 is 10.6 Å². The number of rotatable bonds is 6. The van der Waals surface area contributed by atoms with Gasteiger partial charge in [-0.3, -0.25) is 9.59 Å². The van der Waals surface area contributed by atoms with Crippen molar-refractivity contribution in [1.82, 2.24) is 15.6 Å². The molecule has 1 aromatic rings. The average molecular weight is 309 g/mol. The Labute approximate surface area is 126 Å². The fourth-order valence-electron chi connectivity index (χ4n) is 1.22. The second-order valence-electron chi connectivity index (χ2n) is 3.91. The molecule has 1 heterocycles. The minimum Gasteiger partial charge on any atom is -0.451 e. The van der Waals surface area contributed by atoms with Crippen LogP contribution in [-0.2, 0) is 19.1 Å². The standard InChI is InChI=1S/C13H15N3O6/c1-14-10(17)6-21-12(19)8-4-3-5-9(16-8)13(20)22-7-11(18)15-2/h3-5H,6-7H2,1-2H3,(H,14,17)(H,15,18). The van der Waals surface area contributed by atoms with Crippen LogP contribution in [0.25, 0.3) is 0 Å². The Hall–Kier alpha value is -2.97. The summed E-state index contributed by atoms with van der Waals surface area (Å²) in [5.41, 5.74) is -0.309. The number of carbonyl (C=O) groups is 4. The normalized spacial score (nSPS) is 9.55. The first-order valence-corrected chi connectivity index (χ1v) is 6.20. The van der Waals surface area contributed by atoms with Gasteiger partial charge in [-0.05, 0) is 12.1 Å². The molecule has 1 aromatic heterocycles. The third-order valence-electron chi connectivity index (χ3n) is 2.39. The summed E-state index contributed by atoms with van der Waals surface area (Å²) in [6.07, 6.45) is 0. The van der Waals surface area contributed by atoms with Crippen molar-refractivity contribution < 1.29 is 28.7 Å². The SMILES string of the molecule is CNC(=O)COC(=O)c1cccc(C(=O)OCC(=O)NC)n1. The number of ether oxygens (including phenoxy) is 2. The molecule has 0 fully saturated rings. The number of carbonyl (C=O) groups excluding carboxylic acids is 4. The van der Waals surface area contributed by atoms with E-state index in [9.17, 15) is 19.2 Å². The molecule has 0 saturated carbocycles. The van der Waals surface area contributed by atoms with E-state index in [0.29, 0.717) is 0 Å². The van der Waals surface area contributed by atoms with Crippen molar-refractivity contribution in [1.29, 1.82) is 0 Å². The Bertz CT molecular complexity index is 540.